The summed E-state index contributed by atoms with van der Waals surface area (Å²) in [5.41, 5.74) is -0.640. The number of aromatic amines is 1. The molecule has 5 nitrogen and oxygen atoms in total. The number of H-pyrrole nitrogens is 1. The molecule has 0 saturated carbocycles. The van der Waals surface area contributed by atoms with E-state index in [1.807, 2.05) is 0 Å². The molecule has 1 amide bonds. The van der Waals surface area contributed by atoms with Crippen LogP contribution in [-0.2, 0) is 6.18 Å². The van der Waals surface area contributed by atoms with Crippen molar-refractivity contribution in [2.45, 2.75) is 19.1 Å². The van der Waals surface area contributed by atoms with Gasteiger partial charge in [0.2, 0.25) is 5.56 Å². The first-order chi connectivity index (χ1) is 13.6. The molecule has 0 radical (unpaired) electrons. The average Bonchev–Trinajstić information content (AvgIpc) is 2.68. The molecule has 0 aliphatic heterocycles. The lowest BCUT2D eigenvalue weighted by Crippen LogP contribution is -2.31. The van der Waals surface area contributed by atoms with Crippen LogP contribution in [0.4, 0.5) is 17.6 Å². The van der Waals surface area contributed by atoms with Gasteiger partial charge in [-0.25, -0.2) is 4.39 Å². The van der Waals surface area contributed by atoms with Gasteiger partial charge >= 0.3 is 6.18 Å². The number of rotatable bonds is 4. The van der Waals surface area contributed by atoms with Crippen molar-refractivity contribution in [3.8, 4) is 0 Å². The van der Waals surface area contributed by atoms with Crippen LogP contribution in [0.3, 0.4) is 0 Å². The van der Waals surface area contributed by atoms with Crippen LogP contribution < -0.4 is 10.9 Å². The Bertz CT molecular complexity index is 1070. The van der Waals surface area contributed by atoms with Gasteiger partial charge in [-0.15, -0.1) is 0 Å². The zero-order valence-electron chi connectivity index (χ0n) is 15.0. The number of benzene rings is 1. The summed E-state index contributed by atoms with van der Waals surface area (Å²) in [5.74, 6) is -1.38. The molecule has 0 saturated heterocycles. The molecular formula is C20H15F4N3O2. The second-order valence-corrected chi connectivity index (χ2v) is 6.29. The topological polar surface area (TPSA) is 74.8 Å². The van der Waals surface area contributed by atoms with E-state index in [2.05, 4.69) is 15.3 Å². The smallest absolute Gasteiger partial charge is 0.339 e. The van der Waals surface area contributed by atoms with Gasteiger partial charge in [0, 0.05) is 18.0 Å². The lowest BCUT2D eigenvalue weighted by molar-refractivity contribution is -0.137. The zero-order valence-corrected chi connectivity index (χ0v) is 15.0. The van der Waals surface area contributed by atoms with E-state index in [1.54, 1.807) is 6.92 Å². The molecule has 9 heteroatoms. The van der Waals surface area contributed by atoms with Crippen LogP contribution in [-0.4, -0.2) is 15.9 Å². The number of alkyl halides is 3. The highest BCUT2D eigenvalue weighted by Crippen LogP contribution is 2.31. The number of carbonyl (C=O) groups excluding carboxylic acids is 1. The van der Waals surface area contributed by atoms with E-state index >= 15 is 0 Å². The Morgan fingerprint density at radius 2 is 1.76 bits per heavy atom. The van der Waals surface area contributed by atoms with Gasteiger partial charge in [-0.05, 0) is 42.8 Å². The van der Waals surface area contributed by atoms with Gasteiger partial charge in [-0.1, -0.05) is 12.1 Å². The van der Waals surface area contributed by atoms with Crippen LogP contribution >= 0.6 is 0 Å². The van der Waals surface area contributed by atoms with Crippen LogP contribution in [0.1, 0.15) is 38.9 Å². The summed E-state index contributed by atoms with van der Waals surface area (Å²) in [6.45, 7) is 1.62. The Morgan fingerprint density at radius 3 is 2.34 bits per heavy atom. The van der Waals surface area contributed by atoms with Crippen molar-refractivity contribution in [3.05, 3.63) is 99.0 Å². The van der Waals surface area contributed by atoms with Crippen molar-refractivity contribution in [1.29, 1.82) is 0 Å². The summed E-state index contributed by atoms with van der Waals surface area (Å²) in [6.07, 6.45) is -3.35. The van der Waals surface area contributed by atoms with E-state index in [4.69, 9.17) is 0 Å². The largest absolute Gasteiger partial charge is 0.416 e. The van der Waals surface area contributed by atoms with Crippen molar-refractivity contribution >= 4 is 5.91 Å². The highest BCUT2D eigenvalue weighted by molar-refractivity contribution is 5.94. The second kappa shape index (κ2) is 7.86. The predicted molar refractivity (Wildman–Crippen MR) is 96.7 cm³/mol. The summed E-state index contributed by atoms with van der Waals surface area (Å²) < 4.78 is 53.0. The molecule has 1 atom stereocenters. The summed E-state index contributed by atoms with van der Waals surface area (Å²) in [6, 6.07) is 7.90. The Hall–Kier alpha value is -3.49. The number of pyridine rings is 2. The zero-order chi connectivity index (χ0) is 21.2. The molecule has 0 aliphatic carbocycles. The van der Waals surface area contributed by atoms with Gasteiger partial charge < -0.3 is 10.3 Å². The number of nitrogens with one attached hydrogen (secondary N) is 2. The first-order valence-corrected chi connectivity index (χ1v) is 8.45. The third-order valence-electron chi connectivity index (χ3n) is 4.18. The van der Waals surface area contributed by atoms with E-state index < -0.39 is 35.1 Å². The van der Waals surface area contributed by atoms with Crippen LogP contribution in [0.5, 0.6) is 0 Å². The summed E-state index contributed by atoms with van der Waals surface area (Å²) in [5, 5.41) is 2.57. The third kappa shape index (κ3) is 4.68. The monoisotopic (exact) mass is 405 g/mol. The summed E-state index contributed by atoms with van der Waals surface area (Å²) in [7, 11) is 0. The molecule has 3 aromatic rings. The number of halogens is 4. The van der Waals surface area contributed by atoms with Crippen molar-refractivity contribution in [3.63, 3.8) is 0 Å². The van der Waals surface area contributed by atoms with Gasteiger partial charge in [0.05, 0.1) is 17.2 Å². The molecule has 0 spiro atoms. The third-order valence-corrected chi connectivity index (χ3v) is 4.18. The molecule has 2 N–H and O–H groups in total. The number of nitrogens with zero attached hydrogens (tertiary/aromatic N) is 1. The minimum absolute atomic E-state index is 0.0922. The van der Waals surface area contributed by atoms with E-state index in [-0.39, 0.29) is 16.8 Å². The second-order valence-electron chi connectivity index (χ2n) is 6.29. The highest BCUT2D eigenvalue weighted by Gasteiger charge is 2.31. The molecule has 29 heavy (non-hydrogen) atoms. The van der Waals surface area contributed by atoms with Gasteiger partial charge in [0.25, 0.3) is 5.91 Å². The SMILES string of the molecule is Cc1ccc(F)c(C(NC(=O)c2ccc(=O)[nH]c2)c2ccc(C(F)(F)F)cc2)n1. The fraction of sp³-hybridized carbons (Fsp3) is 0.150. The van der Waals surface area contributed by atoms with Crippen molar-refractivity contribution < 1.29 is 22.4 Å². The molecule has 1 aromatic carbocycles. The summed E-state index contributed by atoms with van der Waals surface area (Å²) in [4.78, 5) is 30.2. The van der Waals surface area contributed by atoms with Crippen molar-refractivity contribution in [1.82, 2.24) is 15.3 Å². The van der Waals surface area contributed by atoms with Crippen LogP contribution in [0.25, 0.3) is 0 Å². The minimum atomic E-state index is -4.53. The molecule has 0 fully saturated rings. The quantitative estimate of drug-likeness (QED) is 0.649. The van der Waals surface area contributed by atoms with Crippen LogP contribution in [0, 0.1) is 12.7 Å². The van der Waals surface area contributed by atoms with E-state index in [0.717, 1.165) is 30.3 Å². The van der Waals surface area contributed by atoms with Crippen molar-refractivity contribution in [2.24, 2.45) is 0 Å². The number of carbonyl (C=O) groups is 1. The molecule has 0 aliphatic rings. The highest BCUT2D eigenvalue weighted by atomic mass is 19.4. The number of amides is 1. The van der Waals surface area contributed by atoms with E-state index in [0.29, 0.717) is 5.69 Å². The maximum Gasteiger partial charge on any atom is 0.416 e. The Morgan fingerprint density at radius 1 is 1.07 bits per heavy atom. The normalized spacial score (nSPS) is 12.4. The fourth-order valence-corrected chi connectivity index (χ4v) is 2.70. The van der Waals surface area contributed by atoms with Gasteiger partial charge in [0.15, 0.2) is 0 Å². The van der Waals surface area contributed by atoms with Gasteiger partial charge in [-0.2, -0.15) is 13.2 Å². The van der Waals surface area contributed by atoms with Gasteiger partial charge in [-0.3, -0.25) is 14.6 Å². The first-order valence-electron chi connectivity index (χ1n) is 8.45. The molecule has 0 bridgehead atoms. The minimum Gasteiger partial charge on any atom is -0.339 e. The summed E-state index contributed by atoms with van der Waals surface area (Å²) >= 11 is 0. The standard InChI is InChI=1S/C20H15F4N3O2/c1-11-2-8-15(21)18(26-11)17(12-3-6-14(7-4-12)20(22,23)24)27-19(29)13-5-9-16(28)25-10-13/h2-10,17H,1H3,(H,25,28)(H,27,29). The molecule has 2 aromatic heterocycles. The predicted octanol–water partition coefficient (Wildman–Crippen LogP) is 3.76. The Balaban J connectivity index is 2.02. The molecule has 150 valence electrons. The molecule has 2 heterocycles. The first kappa shape index (κ1) is 20.2. The maximum absolute atomic E-state index is 14.4. The number of aryl methyl sites for hydroxylation is 1. The van der Waals surface area contributed by atoms with Crippen molar-refractivity contribution in [2.75, 3.05) is 0 Å². The number of hydrogen-bond acceptors (Lipinski definition) is 3. The maximum atomic E-state index is 14.4. The molecule has 1 unspecified atom stereocenters. The molecular weight excluding hydrogens is 390 g/mol. The van der Waals surface area contributed by atoms with Gasteiger partial charge in [0.1, 0.15) is 11.5 Å². The van der Waals surface area contributed by atoms with Crippen LogP contribution in [0.2, 0.25) is 0 Å². The average molecular weight is 405 g/mol. The Labute approximate surface area is 162 Å². The molecule has 3 rings (SSSR count). The Kier molecular flexibility index (Phi) is 5.49. The van der Waals surface area contributed by atoms with E-state index in [9.17, 15) is 27.2 Å². The lowest BCUT2D eigenvalue weighted by atomic mass is 10.00. The lowest BCUT2D eigenvalue weighted by Gasteiger charge is -2.20. The van der Waals surface area contributed by atoms with E-state index in [1.165, 1.54) is 24.4 Å². The fourth-order valence-electron chi connectivity index (χ4n) is 2.70. The number of hydrogen-bond donors (Lipinski definition) is 2. The number of aromatic nitrogens is 2. The van der Waals surface area contributed by atoms with Crippen LogP contribution in [0.15, 0.2) is 59.5 Å².